The number of nitrogens with one attached hydrogen (secondary N) is 1. The molecule has 1 saturated heterocycles. The number of fused-ring (bicyclic) bond motifs is 1. The molecule has 2 unspecified atom stereocenters. The van der Waals surface area contributed by atoms with Gasteiger partial charge >= 0.3 is 0 Å². The molecule has 7 heteroatoms. The van der Waals surface area contributed by atoms with Crippen LogP contribution >= 0.6 is 0 Å². The standard InChI is InChI=1S/C30H34N4O3/c1-21(2)18-27-30(37)34(17-13-28(35)33(27)16-12-22-10-14-32-15-11-22)26(29(36)31-3)20-23-8-9-24-6-4-5-7-25(24)19-23/h4-12,14-16,19,21,26-27H,13,17-18,20H2,1-3H3,(H,31,36). The summed E-state index contributed by atoms with van der Waals surface area (Å²) in [5, 5.41) is 4.93. The first-order valence-electron chi connectivity index (χ1n) is 12.8. The third-order valence-corrected chi connectivity index (χ3v) is 6.76. The predicted octanol–water partition coefficient (Wildman–Crippen LogP) is 4.04. The Labute approximate surface area is 218 Å². The molecule has 1 aliphatic heterocycles. The van der Waals surface area contributed by atoms with E-state index >= 15 is 0 Å². The van der Waals surface area contributed by atoms with E-state index in [1.165, 1.54) is 0 Å². The van der Waals surface area contributed by atoms with E-state index in [2.05, 4.69) is 16.4 Å². The average molecular weight is 499 g/mol. The van der Waals surface area contributed by atoms with Crippen LogP contribution in [0.15, 0.2) is 73.2 Å². The molecular formula is C30H34N4O3. The first-order valence-corrected chi connectivity index (χ1v) is 12.8. The van der Waals surface area contributed by atoms with E-state index < -0.39 is 12.1 Å². The lowest BCUT2D eigenvalue weighted by Crippen LogP contribution is -2.54. The van der Waals surface area contributed by atoms with E-state index in [0.29, 0.717) is 12.8 Å². The number of aromatic nitrogens is 1. The summed E-state index contributed by atoms with van der Waals surface area (Å²) in [6.07, 6.45) is 7.90. The third kappa shape index (κ3) is 6.23. The van der Waals surface area contributed by atoms with E-state index in [-0.39, 0.29) is 36.6 Å². The molecule has 0 aliphatic carbocycles. The first-order chi connectivity index (χ1) is 17.9. The van der Waals surface area contributed by atoms with Crippen molar-refractivity contribution < 1.29 is 14.4 Å². The maximum absolute atomic E-state index is 14.0. The van der Waals surface area contributed by atoms with Crippen LogP contribution < -0.4 is 5.32 Å². The minimum atomic E-state index is -0.717. The highest BCUT2D eigenvalue weighted by atomic mass is 16.2. The molecule has 2 heterocycles. The van der Waals surface area contributed by atoms with Gasteiger partial charge in [0.1, 0.15) is 12.1 Å². The van der Waals surface area contributed by atoms with Gasteiger partial charge < -0.3 is 15.1 Å². The number of rotatable bonds is 8. The number of pyridine rings is 1. The minimum absolute atomic E-state index is 0.131. The minimum Gasteiger partial charge on any atom is -0.357 e. The second-order valence-electron chi connectivity index (χ2n) is 9.84. The molecule has 0 radical (unpaired) electrons. The van der Waals surface area contributed by atoms with Crippen LogP contribution in [0, 0.1) is 5.92 Å². The Morgan fingerprint density at radius 1 is 1.08 bits per heavy atom. The second-order valence-corrected chi connectivity index (χ2v) is 9.84. The summed E-state index contributed by atoms with van der Waals surface area (Å²) in [5.41, 5.74) is 1.85. The van der Waals surface area contributed by atoms with Gasteiger partial charge in [-0.2, -0.15) is 0 Å². The van der Waals surface area contributed by atoms with Gasteiger partial charge in [-0.05, 0) is 52.4 Å². The predicted molar refractivity (Wildman–Crippen MR) is 145 cm³/mol. The number of hydrogen-bond acceptors (Lipinski definition) is 4. The molecule has 7 nitrogen and oxygen atoms in total. The van der Waals surface area contributed by atoms with Crippen molar-refractivity contribution in [1.82, 2.24) is 20.1 Å². The highest BCUT2D eigenvalue weighted by Crippen LogP contribution is 2.24. The third-order valence-electron chi connectivity index (χ3n) is 6.76. The van der Waals surface area contributed by atoms with Crippen LogP contribution in [0.1, 0.15) is 37.8 Å². The summed E-state index contributed by atoms with van der Waals surface area (Å²) in [4.78, 5) is 47.6. The highest BCUT2D eigenvalue weighted by molar-refractivity contribution is 5.94. The molecule has 2 aromatic carbocycles. The topological polar surface area (TPSA) is 82.6 Å². The zero-order valence-corrected chi connectivity index (χ0v) is 21.6. The van der Waals surface area contributed by atoms with E-state index in [0.717, 1.165) is 21.9 Å². The van der Waals surface area contributed by atoms with Crippen LogP contribution in [0.25, 0.3) is 16.8 Å². The van der Waals surface area contributed by atoms with Crippen LogP contribution in [-0.4, -0.2) is 58.2 Å². The van der Waals surface area contributed by atoms with Crippen molar-refractivity contribution in [2.75, 3.05) is 13.6 Å². The lowest BCUT2D eigenvalue weighted by atomic mass is 9.98. The van der Waals surface area contributed by atoms with Gasteiger partial charge in [0.2, 0.25) is 17.7 Å². The van der Waals surface area contributed by atoms with E-state index in [4.69, 9.17) is 0 Å². The van der Waals surface area contributed by atoms with Crippen molar-refractivity contribution in [2.45, 2.75) is 45.2 Å². The molecule has 0 spiro atoms. The fourth-order valence-corrected chi connectivity index (χ4v) is 4.84. The number of likely N-dealkylation sites (N-methyl/N-ethyl adjacent to an activating group) is 1. The Kier molecular flexibility index (Phi) is 8.33. The molecule has 3 amide bonds. The van der Waals surface area contributed by atoms with Crippen molar-refractivity contribution in [2.24, 2.45) is 5.92 Å². The van der Waals surface area contributed by atoms with E-state index in [1.54, 1.807) is 35.4 Å². The summed E-state index contributed by atoms with van der Waals surface area (Å²) in [5.74, 6) is -0.392. The summed E-state index contributed by atoms with van der Waals surface area (Å²) in [7, 11) is 1.58. The summed E-state index contributed by atoms with van der Waals surface area (Å²) >= 11 is 0. The molecule has 1 aliphatic rings. The molecule has 192 valence electrons. The smallest absolute Gasteiger partial charge is 0.246 e. The Bertz CT molecular complexity index is 1290. The zero-order chi connectivity index (χ0) is 26.4. The van der Waals surface area contributed by atoms with Crippen LogP contribution in [-0.2, 0) is 20.8 Å². The van der Waals surface area contributed by atoms with Crippen molar-refractivity contribution in [3.05, 3.63) is 84.3 Å². The average Bonchev–Trinajstić information content (AvgIpc) is 3.01. The Morgan fingerprint density at radius 3 is 2.51 bits per heavy atom. The van der Waals surface area contributed by atoms with Gasteiger partial charge in [0.05, 0.1) is 0 Å². The normalized spacial score (nSPS) is 17.5. The number of carbonyl (C=O) groups is 3. The maximum atomic E-state index is 14.0. The lowest BCUT2D eigenvalue weighted by Gasteiger charge is -2.34. The molecule has 0 bridgehead atoms. The monoisotopic (exact) mass is 498 g/mol. The SMILES string of the molecule is CNC(=O)C(Cc1ccc2ccccc2c1)N1CCC(=O)N(C=Cc2ccncc2)C(CC(C)C)C1=O. The Hall–Kier alpha value is -4.00. The molecule has 1 N–H and O–H groups in total. The summed E-state index contributed by atoms with van der Waals surface area (Å²) in [6, 6.07) is 16.4. The van der Waals surface area contributed by atoms with Crippen LogP contribution in [0.5, 0.6) is 0 Å². The Balaban J connectivity index is 1.66. The Morgan fingerprint density at radius 2 is 1.81 bits per heavy atom. The number of carbonyl (C=O) groups excluding carboxylic acids is 3. The molecular weight excluding hydrogens is 464 g/mol. The van der Waals surface area contributed by atoms with Crippen molar-refractivity contribution in [3.8, 4) is 0 Å². The maximum Gasteiger partial charge on any atom is 0.246 e. The second kappa shape index (κ2) is 11.8. The van der Waals surface area contributed by atoms with Gasteiger partial charge in [0.25, 0.3) is 0 Å². The largest absolute Gasteiger partial charge is 0.357 e. The molecule has 37 heavy (non-hydrogen) atoms. The fourth-order valence-electron chi connectivity index (χ4n) is 4.84. The molecule has 3 aromatic rings. The van der Waals surface area contributed by atoms with Gasteiger partial charge in [-0.1, -0.05) is 56.3 Å². The zero-order valence-electron chi connectivity index (χ0n) is 21.6. The molecule has 0 saturated carbocycles. The van der Waals surface area contributed by atoms with Crippen molar-refractivity contribution in [1.29, 1.82) is 0 Å². The van der Waals surface area contributed by atoms with Gasteiger partial charge in [-0.3, -0.25) is 19.4 Å². The molecule has 1 aromatic heterocycles. The van der Waals surface area contributed by atoms with Gasteiger partial charge in [0.15, 0.2) is 0 Å². The molecule has 1 fully saturated rings. The number of amides is 3. The number of hydrogen-bond donors (Lipinski definition) is 1. The summed E-state index contributed by atoms with van der Waals surface area (Å²) in [6.45, 7) is 4.25. The van der Waals surface area contributed by atoms with Crippen LogP contribution in [0.4, 0.5) is 0 Å². The first kappa shape index (κ1) is 26.1. The molecule has 4 rings (SSSR count). The van der Waals surface area contributed by atoms with Crippen molar-refractivity contribution >= 4 is 34.6 Å². The van der Waals surface area contributed by atoms with E-state index in [1.807, 2.05) is 68.5 Å². The van der Waals surface area contributed by atoms with Gasteiger partial charge in [-0.15, -0.1) is 0 Å². The summed E-state index contributed by atoms with van der Waals surface area (Å²) < 4.78 is 0. The lowest BCUT2D eigenvalue weighted by molar-refractivity contribution is -0.144. The van der Waals surface area contributed by atoms with Gasteiger partial charge in [-0.25, -0.2) is 0 Å². The van der Waals surface area contributed by atoms with Crippen LogP contribution in [0.2, 0.25) is 0 Å². The van der Waals surface area contributed by atoms with E-state index in [9.17, 15) is 14.4 Å². The highest BCUT2D eigenvalue weighted by Gasteiger charge is 2.40. The van der Waals surface area contributed by atoms with Gasteiger partial charge in [0, 0.05) is 45.0 Å². The van der Waals surface area contributed by atoms with Crippen LogP contribution in [0.3, 0.4) is 0 Å². The molecule has 2 atom stereocenters. The van der Waals surface area contributed by atoms with Crippen molar-refractivity contribution in [3.63, 3.8) is 0 Å². The quantitative estimate of drug-likeness (QED) is 0.508. The fraction of sp³-hybridized carbons (Fsp3) is 0.333. The number of benzene rings is 2. The number of nitrogens with zero attached hydrogens (tertiary/aromatic N) is 3.